The summed E-state index contributed by atoms with van der Waals surface area (Å²) in [5, 5.41) is 23.0. The minimum absolute atomic E-state index is 0.198. The second kappa shape index (κ2) is 6.84. The summed E-state index contributed by atoms with van der Waals surface area (Å²) in [5.74, 6) is 0. The lowest BCUT2D eigenvalue weighted by Crippen LogP contribution is -2.22. The molecule has 0 spiro atoms. The van der Waals surface area contributed by atoms with E-state index >= 15 is 0 Å². The Bertz CT molecular complexity index is 1100. The van der Waals surface area contributed by atoms with Gasteiger partial charge in [0.1, 0.15) is 15.9 Å². The van der Waals surface area contributed by atoms with E-state index in [-0.39, 0.29) is 23.5 Å². The Balaban J connectivity index is 2.10. The number of fused-ring (bicyclic) bond motifs is 1. The van der Waals surface area contributed by atoms with Crippen molar-refractivity contribution in [1.29, 1.82) is 5.26 Å². The highest BCUT2D eigenvalue weighted by Gasteiger charge is 2.18. The van der Waals surface area contributed by atoms with Gasteiger partial charge in [-0.25, -0.2) is 9.97 Å². The lowest BCUT2D eigenvalue weighted by atomic mass is 10.3. The molecule has 3 aromatic rings. The molecule has 0 aliphatic rings. The molecule has 0 aromatic carbocycles. The summed E-state index contributed by atoms with van der Waals surface area (Å²) in [6.45, 7) is 3.91. The zero-order chi connectivity index (χ0) is 18.0. The molecule has 0 unspecified atom stereocenters. The topological polar surface area (TPSA) is 115 Å². The molecule has 0 saturated carbocycles. The van der Waals surface area contributed by atoms with Crippen molar-refractivity contribution < 1.29 is 4.92 Å². The van der Waals surface area contributed by atoms with Crippen LogP contribution in [-0.2, 0) is 6.54 Å². The zero-order valence-electron chi connectivity index (χ0n) is 12.6. The van der Waals surface area contributed by atoms with E-state index in [1.165, 1.54) is 28.0 Å². The molecule has 10 heteroatoms. The van der Waals surface area contributed by atoms with Gasteiger partial charge in [0.2, 0.25) is 5.69 Å². The molecule has 0 fully saturated rings. The van der Waals surface area contributed by atoms with E-state index in [1.54, 1.807) is 23.6 Å². The maximum atomic E-state index is 12.6. The number of thiophene rings is 1. The average molecular weight is 371 g/mol. The molecule has 0 bridgehead atoms. The second-order valence-electron chi connectivity index (χ2n) is 4.73. The number of nitrogens with zero attached hydrogens (tertiary/aromatic N) is 5. The van der Waals surface area contributed by atoms with E-state index < -0.39 is 4.92 Å². The van der Waals surface area contributed by atoms with Crippen molar-refractivity contribution in [3.8, 4) is 6.07 Å². The van der Waals surface area contributed by atoms with Gasteiger partial charge in [-0.15, -0.1) is 17.9 Å². The monoisotopic (exact) mass is 371 g/mol. The van der Waals surface area contributed by atoms with Crippen LogP contribution in [0.5, 0.6) is 0 Å². The van der Waals surface area contributed by atoms with Crippen LogP contribution in [0, 0.1) is 21.4 Å². The zero-order valence-corrected chi connectivity index (χ0v) is 14.2. The predicted molar refractivity (Wildman–Crippen MR) is 93.8 cm³/mol. The van der Waals surface area contributed by atoms with Gasteiger partial charge in [0.05, 0.1) is 10.3 Å². The molecule has 0 radical (unpaired) electrons. The first-order chi connectivity index (χ1) is 12.0. The van der Waals surface area contributed by atoms with E-state index in [0.717, 1.165) is 11.8 Å². The minimum Gasteiger partial charge on any atom is -0.283 e. The van der Waals surface area contributed by atoms with Gasteiger partial charge in [-0.05, 0) is 29.3 Å². The Hall–Kier alpha value is -3.03. The van der Waals surface area contributed by atoms with Gasteiger partial charge in [0.15, 0.2) is 5.16 Å². The largest absolute Gasteiger partial charge is 0.305 e. The fraction of sp³-hybridized carbons (Fsp3) is 0.0667. The average Bonchev–Trinajstić information content (AvgIpc) is 3.06. The van der Waals surface area contributed by atoms with Crippen LogP contribution in [0.2, 0.25) is 0 Å². The van der Waals surface area contributed by atoms with Gasteiger partial charge >= 0.3 is 5.69 Å². The van der Waals surface area contributed by atoms with Crippen LogP contribution in [-0.4, -0.2) is 19.5 Å². The van der Waals surface area contributed by atoms with Gasteiger partial charge in [-0.1, -0.05) is 6.08 Å². The van der Waals surface area contributed by atoms with Crippen molar-refractivity contribution in [2.75, 3.05) is 0 Å². The molecule has 3 rings (SSSR count). The molecular formula is C15H9N5O3S2. The maximum absolute atomic E-state index is 12.6. The molecule has 3 aromatic heterocycles. The molecular weight excluding hydrogens is 362 g/mol. The standard InChI is InChI=1S/C15H9N5O3S2/c1-2-6-19-14(21)9-5-7-24-13(9)18-15(19)25-12-4-3-11(20(22)23)10(8-16)17-12/h2-5,7H,1,6H2. The summed E-state index contributed by atoms with van der Waals surface area (Å²) in [6, 6.07) is 6.06. The lowest BCUT2D eigenvalue weighted by molar-refractivity contribution is -0.385. The molecule has 0 N–H and O–H groups in total. The molecule has 0 aliphatic heterocycles. The summed E-state index contributed by atoms with van der Waals surface area (Å²) in [7, 11) is 0. The molecule has 0 atom stereocenters. The van der Waals surface area contributed by atoms with Crippen LogP contribution >= 0.6 is 23.1 Å². The van der Waals surface area contributed by atoms with Crippen LogP contribution < -0.4 is 5.56 Å². The highest BCUT2D eigenvalue weighted by molar-refractivity contribution is 7.99. The predicted octanol–water partition coefficient (Wildman–Crippen LogP) is 2.97. The first kappa shape index (κ1) is 16.8. The van der Waals surface area contributed by atoms with Crippen LogP contribution in [0.25, 0.3) is 10.2 Å². The maximum Gasteiger partial charge on any atom is 0.305 e. The van der Waals surface area contributed by atoms with Crippen LogP contribution in [0.1, 0.15) is 5.69 Å². The Morgan fingerprint density at radius 1 is 1.44 bits per heavy atom. The van der Waals surface area contributed by atoms with Crippen LogP contribution in [0.15, 0.2) is 51.2 Å². The van der Waals surface area contributed by atoms with E-state index in [4.69, 9.17) is 5.26 Å². The second-order valence-corrected chi connectivity index (χ2v) is 6.61. The first-order valence-electron chi connectivity index (χ1n) is 6.87. The van der Waals surface area contributed by atoms with E-state index in [2.05, 4.69) is 16.5 Å². The van der Waals surface area contributed by atoms with E-state index in [0.29, 0.717) is 20.4 Å². The summed E-state index contributed by atoms with van der Waals surface area (Å²) >= 11 is 2.40. The molecule has 0 aliphatic carbocycles. The number of allylic oxidation sites excluding steroid dienone is 1. The number of hydrogen-bond donors (Lipinski definition) is 0. The third kappa shape index (κ3) is 3.15. The number of aromatic nitrogens is 3. The van der Waals surface area contributed by atoms with Gasteiger partial charge in [0.25, 0.3) is 5.56 Å². The summed E-state index contributed by atoms with van der Waals surface area (Å²) in [6.07, 6.45) is 1.58. The summed E-state index contributed by atoms with van der Waals surface area (Å²) in [4.78, 5) is 31.8. The number of nitro groups is 1. The summed E-state index contributed by atoms with van der Waals surface area (Å²) in [5.41, 5.74) is -0.849. The number of pyridine rings is 1. The Morgan fingerprint density at radius 3 is 2.92 bits per heavy atom. The van der Waals surface area contributed by atoms with Crippen LogP contribution in [0.3, 0.4) is 0 Å². The molecule has 0 amide bonds. The Kier molecular flexibility index (Phi) is 4.60. The number of nitriles is 1. The third-order valence-corrected chi connectivity index (χ3v) is 4.94. The van der Waals surface area contributed by atoms with Crippen molar-refractivity contribution in [3.05, 3.63) is 62.4 Å². The Labute approximate surface area is 149 Å². The van der Waals surface area contributed by atoms with Gasteiger partial charge < -0.3 is 0 Å². The number of rotatable bonds is 5. The van der Waals surface area contributed by atoms with Gasteiger partial charge in [0, 0.05) is 12.6 Å². The van der Waals surface area contributed by atoms with Gasteiger partial charge in [-0.3, -0.25) is 19.5 Å². The normalized spacial score (nSPS) is 10.5. The third-order valence-electron chi connectivity index (χ3n) is 3.21. The van der Waals surface area contributed by atoms with Crippen molar-refractivity contribution >= 4 is 39.0 Å². The Morgan fingerprint density at radius 2 is 2.24 bits per heavy atom. The summed E-state index contributed by atoms with van der Waals surface area (Å²) < 4.78 is 1.45. The smallest absolute Gasteiger partial charge is 0.283 e. The fourth-order valence-corrected chi connectivity index (χ4v) is 3.79. The SMILES string of the molecule is C=CCn1c(Sc2ccc([N+](=O)[O-])c(C#N)n2)nc2sccc2c1=O. The lowest BCUT2D eigenvalue weighted by Gasteiger charge is -2.09. The first-order valence-corrected chi connectivity index (χ1v) is 8.57. The highest BCUT2D eigenvalue weighted by atomic mass is 32.2. The van der Waals surface area contributed by atoms with Crippen molar-refractivity contribution in [2.24, 2.45) is 0 Å². The molecule has 8 nitrogen and oxygen atoms in total. The quantitative estimate of drug-likeness (QED) is 0.293. The van der Waals surface area contributed by atoms with Gasteiger partial charge in [-0.2, -0.15) is 5.26 Å². The number of hydrogen-bond acceptors (Lipinski definition) is 8. The molecule has 0 saturated heterocycles. The molecule has 124 valence electrons. The highest BCUT2D eigenvalue weighted by Crippen LogP contribution is 2.28. The van der Waals surface area contributed by atoms with Crippen molar-refractivity contribution in [3.63, 3.8) is 0 Å². The minimum atomic E-state index is -0.663. The molecule has 25 heavy (non-hydrogen) atoms. The van der Waals surface area contributed by atoms with E-state index in [9.17, 15) is 14.9 Å². The van der Waals surface area contributed by atoms with Crippen molar-refractivity contribution in [2.45, 2.75) is 16.7 Å². The van der Waals surface area contributed by atoms with Crippen molar-refractivity contribution in [1.82, 2.24) is 14.5 Å². The van der Waals surface area contributed by atoms with Crippen LogP contribution in [0.4, 0.5) is 5.69 Å². The molecule has 3 heterocycles. The fourth-order valence-electron chi connectivity index (χ4n) is 2.11. The van der Waals surface area contributed by atoms with E-state index in [1.807, 2.05) is 0 Å².